The van der Waals surface area contributed by atoms with Gasteiger partial charge in [-0.2, -0.15) is 0 Å². The monoisotopic (exact) mass is 251 g/mol. The fourth-order valence-electron chi connectivity index (χ4n) is 1.73. The van der Waals surface area contributed by atoms with Crippen LogP contribution in [-0.4, -0.2) is 30.8 Å². The molecule has 1 aromatic carbocycles. The van der Waals surface area contributed by atoms with Crippen LogP contribution in [0.3, 0.4) is 0 Å². The number of aliphatic hydroxyl groups is 1. The van der Waals surface area contributed by atoms with Crippen molar-refractivity contribution in [2.45, 2.75) is 26.3 Å². The first kappa shape index (κ1) is 14.5. The summed E-state index contributed by atoms with van der Waals surface area (Å²) < 4.78 is 5.08. The van der Waals surface area contributed by atoms with Crippen molar-refractivity contribution in [3.63, 3.8) is 0 Å². The van der Waals surface area contributed by atoms with Gasteiger partial charge in [-0.3, -0.25) is 4.79 Å². The fourth-order valence-corrected chi connectivity index (χ4v) is 1.73. The molecule has 100 valence electrons. The van der Waals surface area contributed by atoms with E-state index >= 15 is 0 Å². The predicted molar refractivity (Wildman–Crippen MR) is 70.8 cm³/mol. The number of carbonyl (C=O) groups excluding carboxylic acids is 1. The van der Waals surface area contributed by atoms with Gasteiger partial charge in [-0.1, -0.05) is 19.9 Å². The van der Waals surface area contributed by atoms with Gasteiger partial charge in [-0.15, -0.1) is 0 Å². The Balaban J connectivity index is 2.73. The third kappa shape index (κ3) is 4.04. The summed E-state index contributed by atoms with van der Waals surface area (Å²) in [5.74, 6) is 0.804. The third-order valence-electron chi connectivity index (χ3n) is 2.89. The highest BCUT2D eigenvalue weighted by Crippen LogP contribution is 2.13. The maximum Gasteiger partial charge on any atom is 0.251 e. The molecule has 1 amide bonds. The van der Waals surface area contributed by atoms with Crippen LogP contribution < -0.4 is 10.1 Å². The molecule has 2 N–H and O–H groups in total. The Morgan fingerprint density at radius 1 is 1.44 bits per heavy atom. The first-order valence-electron chi connectivity index (χ1n) is 6.14. The highest BCUT2D eigenvalue weighted by Gasteiger charge is 2.16. The first-order chi connectivity index (χ1) is 8.58. The first-order valence-corrected chi connectivity index (χ1v) is 6.14. The minimum absolute atomic E-state index is 0.0197. The molecule has 0 heterocycles. The smallest absolute Gasteiger partial charge is 0.251 e. The van der Waals surface area contributed by atoms with Crippen molar-refractivity contribution in [3.8, 4) is 5.75 Å². The lowest BCUT2D eigenvalue weighted by atomic mass is 10.0. The molecule has 0 saturated heterocycles. The van der Waals surface area contributed by atoms with E-state index in [1.54, 1.807) is 31.4 Å². The van der Waals surface area contributed by atoms with Gasteiger partial charge in [0.25, 0.3) is 5.91 Å². The number of carbonyl (C=O) groups is 1. The summed E-state index contributed by atoms with van der Waals surface area (Å²) in [5, 5.41) is 11.9. The highest BCUT2D eigenvalue weighted by molar-refractivity contribution is 5.94. The Bertz CT molecular complexity index is 390. The molecule has 0 spiro atoms. The average molecular weight is 251 g/mol. The molecular formula is C14H21NO3. The number of hydrogen-bond donors (Lipinski definition) is 2. The summed E-state index contributed by atoms with van der Waals surface area (Å²) in [6, 6.07) is 7.00. The SMILES string of the molecule is COc1cccc(C(=O)NC(CCO)C(C)C)c1. The topological polar surface area (TPSA) is 58.6 Å². The molecule has 0 saturated carbocycles. The molecule has 0 aliphatic rings. The van der Waals surface area contributed by atoms with Gasteiger partial charge in [0.1, 0.15) is 5.75 Å². The minimum Gasteiger partial charge on any atom is -0.497 e. The van der Waals surface area contributed by atoms with Crippen LogP contribution >= 0.6 is 0 Å². The van der Waals surface area contributed by atoms with Crippen molar-refractivity contribution in [3.05, 3.63) is 29.8 Å². The third-order valence-corrected chi connectivity index (χ3v) is 2.89. The number of amides is 1. The van der Waals surface area contributed by atoms with Crippen molar-refractivity contribution in [2.24, 2.45) is 5.92 Å². The Kier molecular flexibility index (Phi) is 5.65. The summed E-state index contributed by atoms with van der Waals surface area (Å²) in [7, 11) is 1.57. The number of hydrogen-bond acceptors (Lipinski definition) is 3. The van der Waals surface area contributed by atoms with Gasteiger partial charge in [-0.25, -0.2) is 0 Å². The number of rotatable bonds is 6. The molecule has 0 aromatic heterocycles. The number of nitrogens with one attached hydrogen (secondary N) is 1. The van der Waals surface area contributed by atoms with Gasteiger partial charge in [0.2, 0.25) is 0 Å². The van der Waals surface area contributed by atoms with Crippen LogP contribution in [0.25, 0.3) is 0 Å². The molecule has 1 rings (SSSR count). The van der Waals surface area contributed by atoms with E-state index in [0.717, 1.165) is 0 Å². The summed E-state index contributed by atoms with van der Waals surface area (Å²) in [6.45, 7) is 4.11. The van der Waals surface area contributed by atoms with Crippen molar-refractivity contribution < 1.29 is 14.6 Å². The highest BCUT2D eigenvalue weighted by atomic mass is 16.5. The maximum absolute atomic E-state index is 12.1. The average Bonchev–Trinajstić information content (AvgIpc) is 2.38. The van der Waals surface area contributed by atoms with Crippen LogP contribution in [0.4, 0.5) is 0 Å². The molecule has 1 atom stereocenters. The van der Waals surface area contributed by atoms with Crippen LogP contribution in [0.1, 0.15) is 30.6 Å². The molecule has 1 aromatic rings. The lowest BCUT2D eigenvalue weighted by molar-refractivity contribution is 0.0916. The zero-order valence-corrected chi connectivity index (χ0v) is 11.1. The fraction of sp³-hybridized carbons (Fsp3) is 0.500. The van der Waals surface area contributed by atoms with Gasteiger partial charge in [0.05, 0.1) is 7.11 Å². The Labute approximate surface area is 108 Å². The zero-order chi connectivity index (χ0) is 13.5. The van der Waals surface area contributed by atoms with Crippen LogP contribution in [-0.2, 0) is 0 Å². The van der Waals surface area contributed by atoms with E-state index in [0.29, 0.717) is 17.7 Å². The Hall–Kier alpha value is -1.55. The summed E-state index contributed by atoms with van der Waals surface area (Å²) in [4.78, 5) is 12.1. The van der Waals surface area contributed by atoms with E-state index < -0.39 is 0 Å². The van der Waals surface area contributed by atoms with Gasteiger partial charge >= 0.3 is 0 Å². The summed E-state index contributed by atoms with van der Waals surface area (Å²) in [6.07, 6.45) is 0.563. The number of benzene rings is 1. The molecule has 0 fully saturated rings. The molecule has 0 aliphatic carbocycles. The largest absolute Gasteiger partial charge is 0.497 e. The molecular weight excluding hydrogens is 230 g/mol. The number of aliphatic hydroxyl groups excluding tert-OH is 1. The van der Waals surface area contributed by atoms with Crippen molar-refractivity contribution >= 4 is 5.91 Å². The zero-order valence-electron chi connectivity index (χ0n) is 11.1. The molecule has 0 aliphatic heterocycles. The molecule has 0 bridgehead atoms. The minimum atomic E-state index is -0.138. The summed E-state index contributed by atoms with van der Waals surface area (Å²) in [5.41, 5.74) is 0.568. The Morgan fingerprint density at radius 2 is 2.17 bits per heavy atom. The quantitative estimate of drug-likeness (QED) is 0.811. The second-order valence-corrected chi connectivity index (χ2v) is 4.57. The second kappa shape index (κ2) is 7.01. The molecule has 4 heteroatoms. The second-order valence-electron chi connectivity index (χ2n) is 4.57. The van der Waals surface area contributed by atoms with Gasteiger partial charge < -0.3 is 15.2 Å². The van der Waals surface area contributed by atoms with Crippen molar-refractivity contribution in [1.82, 2.24) is 5.32 Å². The van der Waals surface area contributed by atoms with E-state index in [9.17, 15) is 4.79 Å². The number of ether oxygens (including phenoxy) is 1. The van der Waals surface area contributed by atoms with E-state index in [-0.39, 0.29) is 24.5 Å². The molecule has 1 unspecified atom stereocenters. The van der Waals surface area contributed by atoms with Crippen LogP contribution in [0.5, 0.6) is 5.75 Å². The molecule has 0 radical (unpaired) electrons. The van der Waals surface area contributed by atoms with E-state index in [1.165, 1.54) is 0 Å². The predicted octanol–water partition coefficient (Wildman–Crippen LogP) is 1.83. The van der Waals surface area contributed by atoms with Crippen LogP contribution in [0.2, 0.25) is 0 Å². The maximum atomic E-state index is 12.1. The van der Waals surface area contributed by atoms with Crippen LogP contribution in [0, 0.1) is 5.92 Å². The number of methoxy groups -OCH3 is 1. The van der Waals surface area contributed by atoms with Gasteiger partial charge in [-0.05, 0) is 30.5 Å². The Morgan fingerprint density at radius 3 is 2.72 bits per heavy atom. The van der Waals surface area contributed by atoms with Gasteiger partial charge in [0, 0.05) is 18.2 Å². The lowest BCUT2D eigenvalue weighted by Gasteiger charge is -2.21. The van der Waals surface area contributed by atoms with Crippen molar-refractivity contribution in [1.29, 1.82) is 0 Å². The van der Waals surface area contributed by atoms with Gasteiger partial charge in [0.15, 0.2) is 0 Å². The van der Waals surface area contributed by atoms with E-state index in [2.05, 4.69) is 5.32 Å². The molecule has 18 heavy (non-hydrogen) atoms. The lowest BCUT2D eigenvalue weighted by Crippen LogP contribution is -2.39. The van der Waals surface area contributed by atoms with Crippen molar-refractivity contribution in [2.75, 3.05) is 13.7 Å². The van der Waals surface area contributed by atoms with E-state index in [1.807, 2.05) is 13.8 Å². The van der Waals surface area contributed by atoms with Crippen LogP contribution in [0.15, 0.2) is 24.3 Å². The normalized spacial score (nSPS) is 12.3. The standard InChI is InChI=1S/C14H21NO3/c1-10(2)13(7-8-16)15-14(17)11-5-4-6-12(9-11)18-3/h4-6,9-10,13,16H,7-8H2,1-3H3,(H,15,17). The molecule has 4 nitrogen and oxygen atoms in total. The summed E-state index contributed by atoms with van der Waals surface area (Å²) >= 11 is 0. The van der Waals surface area contributed by atoms with E-state index in [4.69, 9.17) is 9.84 Å².